The van der Waals surface area contributed by atoms with Crippen LogP contribution in [0.25, 0.3) is 0 Å². The molecule has 0 amide bonds. The van der Waals surface area contributed by atoms with Crippen molar-refractivity contribution in [3.63, 3.8) is 0 Å². The van der Waals surface area contributed by atoms with Crippen LogP contribution in [-0.2, 0) is 9.53 Å². The number of hydrogen-bond acceptors (Lipinski definition) is 4. The zero-order chi connectivity index (χ0) is 7.98. The largest absolute Gasteiger partial charge is 0.466 e. The lowest BCUT2D eigenvalue weighted by atomic mass is 10.2. The molecule has 1 atom stereocenters. The first-order valence-corrected chi connectivity index (χ1v) is 3.01. The van der Waals surface area contributed by atoms with E-state index in [1.165, 1.54) is 0 Å². The molecule has 0 rings (SSSR count). The highest BCUT2D eigenvalue weighted by atomic mass is 16.5. The van der Waals surface area contributed by atoms with Gasteiger partial charge < -0.3 is 15.9 Å². The van der Waals surface area contributed by atoms with Gasteiger partial charge >= 0.3 is 5.97 Å². The van der Waals surface area contributed by atoms with Crippen molar-refractivity contribution in [3.05, 3.63) is 0 Å². The quantitative estimate of drug-likeness (QED) is 0.532. The molecule has 5 heteroatoms. The van der Waals surface area contributed by atoms with Gasteiger partial charge in [-0.2, -0.15) is 5.26 Å². The first kappa shape index (κ1) is 12.5. The molecule has 5 nitrogen and oxygen atoms in total. The van der Waals surface area contributed by atoms with Gasteiger partial charge in [0.25, 0.3) is 0 Å². The van der Waals surface area contributed by atoms with Gasteiger partial charge in [-0.25, -0.2) is 0 Å². The first-order chi connectivity index (χ1) is 4.70. The highest BCUT2D eigenvalue weighted by molar-refractivity contribution is 5.70. The van der Waals surface area contributed by atoms with E-state index < -0.39 is 12.0 Å². The molecule has 0 aromatic rings. The smallest absolute Gasteiger partial charge is 0.308 e. The lowest BCUT2D eigenvalue weighted by Gasteiger charge is -2.01. The van der Waals surface area contributed by atoms with E-state index in [4.69, 9.17) is 11.0 Å². The molecule has 0 spiro atoms. The number of rotatable bonds is 3. The molecule has 64 valence electrons. The molecule has 0 aromatic carbocycles. The minimum Gasteiger partial charge on any atom is -0.466 e. The van der Waals surface area contributed by atoms with Crippen molar-refractivity contribution in [1.29, 1.82) is 5.26 Å². The fraction of sp³-hybridized carbons (Fsp3) is 0.667. The van der Waals surface area contributed by atoms with Gasteiger partial charge in [-0.15, -0.1) is 0 Å². The average molecular weight is 160 g/mol. The van der Waals surface area contributed by atoms with Crippen LogP contribution in [0.5, 0.6) is 0 Å². The Hall–Kier alpha value is -1.12. The zero-order valence-corrected chi connectivity index (χ0v) is 6.33. The van der Waals surface area contributed by atoms with E-state index in [2.05, 4.69) is 4.74 Å². The standard InChI is InChI=1S/C6H10N2O2.H2O/c1-2-10-6(9)3-5(8)4-7;/h5H,2-3,8H2,1H3;1H2. The maximum Gasteiger partial charge on any atom is 0.308 e. The maximum atomic E-state index is 10.6. The van der Waals surface area contributed by atoms with Crippen LogP contribution in [0.2, 0.25) is 0 Å². The summed E-state index contributed by atoms with van der Waals surface area (Å²) in [6, 6.07) is 0.994. The van der Waals surface area contributed by atoms with E-state index in [1.54, 1.807) is 13.0 Å². The van der Waals surface area contributed by atoms with Gasteiger partial charge in [0.05, 0.1) is 19.1 Å². The lowest BCUT2D eigenvalue weighted by molar-refractivity contribution is -0.143. The highest BCUT2D eigenvalue weighted by Gasteiger charge is 2.07. The van der Waals surface area contributed by atoms with Crippen LogP contribution in [0.1, 0.15) is 13.3 Å². The Morgan fingerprint density at radius 1 is 1.82 bits per heavy atom. The molecule has 4 N–H and O–H groups in total. The summed E-state index contributed by atoms with van der Waals surface area (Å²) in [6.45, 7) is 2.03. The van der Waals surface area contributed by atoms with Gasteiger partial charge in [-0.3, -0.25) is 4.79 Å². The zero-order valence-electron chi connectivity index (χ0n) is 6.33. The normalized spacial score (nSPS) is 10.6. The van der Waals surface area contributed by atoms with E-state index in [1.807, 2.05) is 0 Å². The van der Waals surface area contributed by atoms with Gasteiger partial charge in [0.15, 0.2) is 0 Å². The Bertz CT molecular complexity index is 152. The second-order valence-corrected chi connectivity index (χ2v) is 1.74. The second-order valence-electron chi connectivity index (χ2n) is 1.74. The average Bonchev–Trinajstić information content (AvgIpc) is 1.88. The summed E-state index contributed by atoms with van der Waals surface area (Å²) in [7, 11) is 0. The van der Waals surface area contributed by atoms with Crippen molar-refractivity contribution in [2.45, 2.75) is 19.4 Å². The summed E-state index contributed by atoms with van der Waals surface area (Å²) in [4.78, 5) is 10.6. The maximum absolute atomic E-state index is 10.6. The summed E-state index contributed by atoms with van der Waals surface area (Å²) in [6.07, 6.45) is -0.0235. The van der Waals surface area contributed by atoms with E-state index in [0.717, 1.165) is 0 Å². The van der Waals surface area contributed by atoms with Crippen molar-refractivity contribution in [3.8, 4) is 6.07 Å². The van der Waals surface area contributed by atoms with Crippen LogP contribution in [0, 0.1) is 11.3 Å². The number of carbonyl (C=O) groups is 1. The number of hydrogen-bond donors (Lipinski definition) is 1. The van der Waals surface area contributed by atoms with Crippen molar-refractivity contribution in [2.24, 2.45) is 5.73 Å². The van der Waals surface area contributed by atoms with Crippen LogP contribution < -0.4 is 5.73 Å². The Morgan fingerprint density at radius 3 is 2.73 bits per heavy atom. The summed E-state index contributed by atoms with van der Waals surface area (Å²) in [5.74, 6) is -0.420. The third kappa shape index (κ3) is 6.77. The summed E-state index contributed by atoms with van der Waals surface area (Å²) >= 11 is 0. The van der Waals surface area contributed by atoms with Gasteiger partial charge in [0.1, 0.15) is 6.04 Å². The summed E-state index contributed by atoms with van der Waals surface area (Å²) in [5.41, 5.74) is 5.14. The predicted molar refractivity (Wildman–Crippen MR) is 38.5 cm³/mol. The number of esters is 1. The molecule has 11 heavy (non-hydrogen) atoms. The Morgan fingerprint density at radius 2 is 2.36 bits per heavy atom. The van der Waals surface area contributed by atoms with E-state index in [0.29, 0.717) is 6.61 Å². The van der Waals surface area contributed by atoms with E-state index in [-0.39, 0.29) is 11.9 Å². The molecule has 0 aliphatic rings. The molecule has 0 saturated carbocycles. The van der Waals surface area contributed by atoms with Crippen molar-refractivity contribution in [1.82, 2.24) is 0 Å². The summed E-state index contributed by atoms with van der Waals surface area (Å²) in [5, 5.41) is 8.17. The van der Waals surface area contributed by atoms with Gasteiger partial charge in [0, 0.05) is 0 Å². The van der Waals surface area contributed by atoms with Crippen molar-refractivity contribution < 1.29 is 15.0 Å². The monoisotopic (exact) mass is 160 g/mol. The molecule has 0 aliphatic heterocycles. The molecule has 0 aromatic heterocycles. The molecule has 0 bridgehead atoms. The lowest BCUT2D eigenvalue weighted by Crippen LogP contribution is -2.22. The molecule has 0 heterocycles. The fourth-order valence-corrected chi connectivity index (χ4v) is 0.445. The third-order valence-corrected chi connectivity index (χ3v) is 0.858. The van der Waals surface area contributed by atoms with Crippen LogP contribution >= 0.6 is 0 Å². The Kier molecular flexibility index (Phi) is 7.98. The van der Waals surface area contributed by atoms with Crippen molar-refractivity contribution >= 4 is 5.97 Å². The molecular weight excluding hydrogens is 148 g/mol. The van der Waals surface area contributed by atoms with E-state index in [9.17, 15) is 4.79 Å². The molecular formula is C6H12N2O3. The summed E-state index contributed by atoms with van der Waals surface area (Å²) < 4.78 is 4.54. The third-order valence-electron chi connectivity index (χ3n) is 0.858. The first-order valence-electron chi connectivity index (χ1n) is 3.01. The van der Waals surface area contributed by atoms with Crippen LogP contribution in [-0.4, -0.2) is 24.1 Å². The highest BCUT2D eigenvalue weighted by Crippen LogP contribution is 1.89. The minimum absolute atomic E-state index is 0. The van der Waals surface area contributed by atoms with E-state index >= 15 is 0 Å². The Balaban J connectivity index is 0. The number of nitrogens with two attached hydrogens (primary N) is 1. The van der Waals surface area contributed by atoms with Crippen molar-refractivity contribution in [2.75, 3.05) is 6.61 Å². The van der Waals surface area contributed by atoms with Crippen LogP contribution in [0.3, 0.4) is 0 Å². The van der Waals surface area contributed by atoms with Crippen LogP contribution in [0.15, 0.2) is 0 Å². The Labute approximate surface area is 65.1 Å². The van der Waals surface area contributed by atoms with Gasteiger partial charge in [-0.05, 0) is 6.92 Å². The SMILES string of the molecule is CCOC(=O)CC(N)C#N.O. The number of carbonyl (C=O) groups excluding carboxylic acids is 1. The number of nitrogens with zero attached hydrogens (tertiary/aromatic N) is 1. The van der Waals surface area contributed by atoms with Gasteiger partial charge in [0.2, 0.25) is 0 Å². The predicted octanol–water partition coefficient (Wildman–Crippen LogP) is -1.03. The minimum atomic E-state index is -0.737. The molecule has 0 aliphatic carbocycles. The molecule has 0 saturated heterocycles. The fourth-order valence-electron chi connectivity index (χ4n) is 0.445. The van der Waals surface area contributed by atoms with Crippen LogP contribution in [0.4, 0.5) is 0 Å². The number of ether oxygens (including phenoxy) is 1. The second kappa shape index (κ2) is 6.99. The number of nitriles is 1. The molecule has 0 fully saturated rings. The topological polar surface area (TPSA) is 108 Å². The van der Waals surface area contributed by atoms with Gasteiger partial charge in [-0.1, -0.05) is 0 Å². The molecule has 1 unspecified atom stereocenters. The molecule has 0 radical (unpaired) electrons.